The Balaban J connectivity index is 2.21. The van der Waals surface area contributed by atoms with Gasteiger partial charge in [0.25, 0.3) is 0 Å². The molecular weight excluding hydrogens is 290 g/mol. The smallest absolute Gasteiger partial charge is 0.184 e. The van der Waals surface area contributed by atoms with Crippen molar-refractivity contribution in [2.75, 3.05) is 65.4 Å². The maximum absolute atomic E-state index is 6.25. The average Bonchev–Trinajstić information content (AvgIpc) is 2.47. The summed E-state index contributed by atoms with van der Waals surface area (Å²) in [6, 6.07) is 3.77. The van der Waals surface area contributed by atoms with E-state index in [1.54, 1.807) is 7.11 Å². The lowest BCUT2D eigenvalue weighted by atomic mass is 10.2. The maximum atomic E-state index is 6.25. The van der Waals surface area contributed by atoms with Crippen LogP contribution in [0.1, 0.15) is 0 Å². The number of nitrogens with one attached hydrogen (secondary N) is 1. The van der Waals surface area contributed by atoms with E-state index in [2.05, 4.69) is 15.1 Å². The molecule has 1 aromatic rings. The molecule has 1 saturated heterocycles. The van der Waals surface area contributed by atoms with Crippen molar-refractivity contribution in [3.63, 3.8) is 0 Å². The van der Waals surface area contributed by atoms with Crippen molar-refractivity contribution in [2.24, 2.45) is 0 Å². The first-order valence-electron chi connectivity index (χ1n) is 7.22. The number of rotatable bonds is 6. The second kappa shape index (κ2) is 7.73. The second-order valence-electron chi connectivity index (χ2n) is 5.35. The first-order chi connectivity index (χ1) is 10.1. The lowest BCUT2D eigenvalue weighted by Crippen LogP contribution is -2.43. The van der Waals surface area contributed by atoms with E-state index in [0.29, 0.717) is 17.4 Å². The fraction of sp³-hybridized carbons (Fsp3) is 0.600. The molecule has 0 bridgehead atoms. The highest BCUT2D eigenvalue weighted by molar-refractivity contribution is 6.31. The zero-order valence-electron chi connectivity index (χ0n) is 13.0. The Morgan fingerprint density at radius 2 is 2.00 bits per heavy atom. The van der Waals surface area contributed by atoms with Gasteiger partial charge in [0.05, 0.1) is 12.8 Å². The van der Waals surface area contributed by atoms with Gasteiger partial charge in [0.1, 0.15) is 6.61 Å². The molecule has 1 aromatic carbocycles. The number of hydrogen-bond acceptors (Lipinski definition) is 5. The van der Waals surface area contributed by atoms with Crippen LogP contribution in [-0.2, 0) is 0 Å². The standard InChI is InChI=1S/C15H24ClN3O2/c1-18(2)8-9-21-14-11-12(16)10-13(15(14)20-3)19-6-4-17-5-7-19/h10-11,17H,4-9H2,1-3H3. The molecule has 0 radical (unpaired) electrons. The quantitative estimate of drug-likeness (QED) is 0.865. The molecule has 0 aromatic heterocycles. The first kappa shape index (κ1) is 16.2. The Bertz CT molecular complexity index is 462. The van der Waals surface area contributed by atoms with E-state index in [1.807, 2.05) is 26.2 Å². The highest BCUT2D eigenvalue weighted by Crippen LogP contribution is 2.40. The molecule has 1 heterocycles. The van der Waals surface area contributed by atoms with Gasteiger partial charge in [0.15, 0.2) is 11.5 Å². The van der Waals surface area contributed by atoms with E-state index in [0.717, 1.165) is 44.2 Å². The van der Waals surface area contributed by atoms with Gasteiger partial charge < -0.3 is 24.6 Å². The first-order valence-corrected chi connectivity index (χ1v) is 7.60. The van der Waals surface area contributed by atoms with Crippen LogP contribution in [0.3, 0.4) is 0 Å². The molecule has 0 saturated carbocycles. The Morgan fingerprint density at radius 1 is 1.29 bits per heavy atom. The third-order valence-corrected chi connectivity index (χ3v) is 3.68. The summed E-state index contributed by atoms with van der Waals surface area (Å²) in [6.45, 7) is 5.25. The normalized spacial score (nSPS) is 15.4. The Hall–Kier alpha value is -1.17. The molecule has 1 fully saturated rings. The number of ether oxygens (including phenoxy) is 2. The molecule has 1 aliphatic rings. The number of piperazine rings is 1. The number of methoxy groups -OCH3 is 1. The summed E-state index contributed by atoms with van der Waals surface area (Å²) in [6.07, 6.45) is 0. The van der Waals surface area contributed by atoms with E-state index in [9.17, 15) is 0 Å². The van der Waals surface area contributed by atoms with Crippen LogP contribution >= 0.6 is 11.6 Å². The number of nitrogens with zero attached hydrogens (tertiary/aromatic N) is 2. The predicted molar refractivity (Wildman–Crippen MR) is 87.1 cm³/mol. The van der Waals surface area contributed by atoms with Gasteiger partial charge in [-0.1, -0.05) is 11.6 Å². The van der Waals surface area contributed by atoms with Crippen molar-refractivity contribution in [1.29, 1.82) is 0 Å². The molecule has 2 rings (SSSR count). The summed E-state index contributed by atoms with van der Waals surface area (Å²) >= 11 is 6.25. The predicted octanol–water partition coefficient (Wildman–Crippen LogP) is 1.70. The summed E-state index contributed by atoms with van der Waals surface area (Å²) in [7, 11) is 5.71. The summed E-state index contributed by atoms with van der Waals surface area (Å²) < 4.78 is 11.4. The van der Waals surface area contributed by atoms with E-state index in [1.165, 1.54) is 0 Å². The van der Waals surface area contributed by atoms with Crippen LogP contribution in [-0.4, -0.2) is 65.4 Å². The summed E-state index contributed by atoms with van der Waals surface area (Å²) in [4.78, 5) is 4.36. The molecule has 0 atom stereocenters. The van der Waals surface area contributed by atoms with Gasteiger partial charge in [-0.2, -0.15) is 0 Å². The van der Waals surface area contributed by atoms with E-state index in [4.69, 9.17) is 21.1 Å². The fourth-order valence-corrected chi connectivity index (χ4v) is 2.55. The van der Waals surface area contributed by atoms with Crippen LogP contribution < -0.4 is 19.7 Å². The molecule has 21 heavy (non-hydrogen) atoms. The van der Waals surface area contributed by atoms with Crippen LogP contribution in [0.2, 0.25) is 5.02 Å². The molecular formula is C15H24ClN3O2. The van der Waals surface area contributed by atoms with Crippen LogP contribution in [0.25, 0.3) is 0 Å². The molecule has 5 nitrogen and oxygen atoms in total. The lowest BCUT2D eigenvalue weighted by Gasteiger charge is -2.31. The van der Waals surface area contributed by atoms with Crippen molar-refractivity contribution < 1.29 is 9.47 Å². The van der Waals surface area contributed by atoms with Gasteiger partial charge in [-0.15, -0.1) is 0 Å². The third kappa shape index (κ3) is 4.40. The van der Waals surface area contributed by atoms with Gasteiger partial charge in [-0.05, 0) is 20.2 Å². The largest absolute Gasteiger partial charge is 0.491 e. The fourth-order valence-electron chi connectivity index (χ4n) is 2.35. The van der Waals surface area contributed by atoms with Crippen molar-refractivity contribution >= 4 is 17.3 Å². The number of anilines is 1. The topological polar surface area (TPSA) is 37.0 Å². The molecule has 0 spiro atoms. The van der Waals surface area contributed by atoms with Crippen molar-refractivity contribution in [3.8, 4) is 11.5 Å². The average molecular weight is 314 g/mol. The number of benzene rings is 1. The third-order valence-electron chi connectivity index (χ3n) is 3.46. The second-order valence-corrected chi connectivity index (χ2v) is 5.78. The zero-order valence-corrected chi connectivity index (χ0v) is 13.7. The van der Waals surface area contributed by atoms with Gasteiger partial charge in [-0.25, -0.2) is 0 Å². The Kier molecular flexibility index (Phi) is 5.96. The van der Waals surface area contributed by atoms with E-state index >= 15 is 0 Å². The van der Waals surface area contributed by atoms with Crippen molar-refractivity contribution in [3.05, 3.63) is 17.2 Å². The summed E-state index contributed by atoms with van der Waals surface area (Å²) in [5.41, 5.74) is 1.01. The van der Waals surface area contributed by atoms with Gasteiger partial charge >= 0.3 is 0 Å². The number of halogens is 1. The molecule has 0 aliphatic carbocycles. The molecule has 1 N–H and O–H groups in total. The van der Waals surface area contributed by atoms with Crippen molar-refractivity contribution in [1.82, 2.24) is 10.2 Å². The van der Waals surface area contributed by atoms with E-state index in [-0.39, 0.29) is 0 Å². The Labute approximate surface area is 131 Å². The van der Waals surface area contributed by atoms with Crippen LogP contribution in [0.15, 0.2) is 12.1 Å². The lowest BCUT2D eigenvalue weighted by molar-refractivity contribution is 0.251. The van der Waals surface area contributed by atoms with Crippen molar-refractivity contribution in [2.45, 2.75) is 0 Å². The van der Waals surface area contributed by atoms with E-state index < -0.39 is 0 Å². The highest BCUT2D eigenvalue weighted by Gasteiger charge is 2.19. The number of hydrogen-bond donors (Lipinski definition) is 1. The van der Waals surface area contributed by atoms with Gasteiger partial charge in [0.2, 0.25) is 0 Å². The van der Waals surface area contributed by atoms with Gasteiger partial charge in [0, 0.05) is 43.8 Å². The summed E-state index contributed by atoms with van der Waals surface area (Å²) in [5, 5.41) is 4.02. The minimum atomic E-state index is 0.602. The van der Waals surface area contributed by atoms with Gasteiger partial charge in [-0.3, -0.25) is 0 Å². The van der Waals surface area contributed by atoms with Crippen LogP contribution in [0.4, 0.5) is 5.69 Å². The summed E-state index contributed by atoms with van der Waals surface area (Å²) in [5.74, 6) is 1.47. The monoisotopic (exact) mass is 313 g/mol. The minimum absolute atomic E-state index is 0.602. The maximum Gasteiger partial charge on any atom is 0.184 e. The molecule has 0 unspecified atom stereocenters. The molecule has 6 heteroatoms. The Morgan fingerprint density at radius 3 is 2.62 bits per heavy atom. The highest BCUT2D eigenvalue weighted by atomic mass is 35.5. The molecule has 118 valence electrons. The molecule has 0 amide bonds. The SMILES string of the molecule is COc1c(OCCN(C)C)cc(Cl)cc1N1CCNCC1. The number of likely N-dealkylation sites (N-methyl/N-ethyl adjacent to an activating group) is 1. The zero-order chi connectivity index (χ0) is 15.2. The van der Waals surface area contributed by atoms with Crippen LogP contribution in [0.5, 0.6) is 11.5 Å². The van der Waals surface area contributed by atoms with Crippen LogP contribution in [0, 0.1) is 0 Å². The minimum Gasteiger partial charge on any atom is -0.491 e. The molecule has 1 aliphatic heterocycles.